The van der Waals surface area contributed by atoms with Gasteiger partial charge in [0.25, 0.3) is 0 Å². The lowest BCUT2D eigenvalue weighted by atomic mass is 10.1. The number of benzene rings is 3. The number of carbonyl (C=O) groups is 1. The van der Waals surface area contributed by atoms with Crippen molar-refractivity contribution in [1.29, 1.82) is 0 Å². The smallest absolute Gasteiger partial charge is 0.242 e. The first-order valence-corrected chi connectivity index (χ1v) is 11.7. The number of ether oxygens (including phenoxy) is 1. The Kier molecular flexibility index (Phi) is 7.18. The van der Waals surface area contributed by atoms with Gasteiger partial charge in [0, 0.05) is 12.1 Å². The van der Waals surface area contributed by atoms with Gasteiger partial charge in [0.15, 0.2) is 5.82 Å². The van der Waals surface area contributed by atoms with Crippen molar-refractivity contribution in [2.45, 2.75) is 30.7 Å². The summed E-state index contributed by atoms with van der Waals surface area (Å²) in [4.78, 5) is 13.4. The van der Waals surface area contributed by atoms with E-state index >= 15 is 0 Å². The van der Waals surface area contributed by atoms with E-state index in [0.29, 0.717) is 17.4 Å². The molecular weight excluding hydrogens is 446 g/mol. The van der Waals surface area contributed by atoms with E-state index in [2.05, 4.69) is 21.6 Å². The van der Waals surface area contributed by atoms with Gasteiger partial charge in [-0.2, -0.15) is 0 Å². The van der Waals surface area contributed by atoms with Gasteiger partial charge in [0.2, 0.25) is 11.1 Å². The van der Waals surface area contributed by atoms with Crippen LogP contribution in [0.15, 0.2) is 78.0 Å². The van der Waals surface area contributed by atoms with Crippen LogP contribution in [0.4, 0.5) is 5.69 Å². The summed E-state index contributed by atoms with van der Waals surface area (Å²) in [6, 6.07) is 23.3. The summed E-state index contributed by atoms with van der Waals surface area (Å²) in [6.45, 7) is 4.01. The molecule has 4 aromatic rings. The maximum atomic E-state index is 13.4. The quantitative estimate of drug-likeness (QED) is 0.285. The number of methoxy groups -OCH3 is 1. The number of nitrogens with two attached hydrogens (primary N) is 1. The molecule has 3 aromatic carbocycles. The Balaban J connectivity index is 1.56. The lowest BCUT2D eigenvalue weighted by Gasteiger charge is -2.17. The SMILES string of the molecule is COc1ccc(Cc2nnc(SC(C(=O)Nc3cc(C)cc(C)c3)c3ccccc3)n2N)cc1. The zero-order valence-corrected chi connectivity index (χ0v) is 20.2. The van der Waals surface area contributed by atoms with E-state index in [-0.39, 0.29) is 5.91 Å². The Bertz CT molecular complexity index is 1250. The number of amides is 1. The average molecular weight is 474 g/mol. The van der Waals surface area contributed by atoms with Crippen molar-refractivity contribution < 1.29 is 9.53 Å². The Morgan fingerprint density at radius 1 is 1.03 bits per heavy atom. The molecule has 1 atom stereocenters. The minimum atomic E-state index is -0.553. The zero-order chi connectivity index (χ0) is 24.1. The van der Waals surface area contributed by atoms with Crippen LogP contribution < -0.4 is 15.9 Å². The fraction of sp³-hybridized carbons (Fsp3) is 0.192. The lowest BCUT2D eigenvalue weighted by Crippen LogP contribution is -2.21. The molecule has 1 aromatic heterocycles. The molecule has 0 aliphatic rings. The first kappa shape index (κ1) is 23.4. The van der Waals surface area contributed by atoms with Crippen LogP contribution in [0.2, 0.25) is 0 Å². The number of nitrogen functional groups attached to an aromatic ring is 1. The number of hydrogen-bond acceptors (Lipinski definition) is 6. The summed E-state index contributed by atoms with van der Waals surface area (Å²) < 4.78 is 6.67. The van der Waals surface area contributed by atoms with Gasteiger partial charge in [0.1, 0.15) is 11.0 Å². The second-order valence-electron chi connectivity index (χ2n) is 8.07. The maximum absolute atomic E-state index is 13.4. The van der Waals surface area contributed by atoms with Crippen LogP contribution in [0.25, 0.3) is 0 Å². The molecule has 0 spiro atoms. The third-order valence-corrected chi connectivity index (χ3v) is 6.52. The molecule has 0 saturated heterocycles. The molecule has 0 radical (unpaired) electrons. The number of nitrogens with one attached hydrogen (secondary N) is 1. The first-order chi connectivity index (χ1) is 16.4. The highest BCUT2D eigenvalue weighted by molar-refractivity contribution is 8.00. The minimum absolute atomic E-state index is 0.152. The number of aryl methyl sites for hydroxylation is 2. The minimum Gasteiger partial charge on any atom is -0.497 e. The highest BCUT2D eigenvalue weighted by Gasteiger charge is 2.25. The normalized spacial score (nSPS) is 11.7. The lowest BCUT2D eigenvalue weighted by molar-refractivity contribution is -0.115. The van der Waals surface area contributed by atoms with E-state index < -0.39 is 5.25 Å². The van der Waals surface area contributed by atoms with Crippen LogP contribution in [0.3, 0.4) is 0 Å². The molecule has 0 aliphatic carbocycles. The molecule has 0 bridgehead atoms. The van der Waals surface area contributed by atoms with Gasteiger partial charge in [-0.25, -0.2) is 4.68 Å². The van der Waals surface area contributed by atoms with E-state index in [0.717, 1.165) is 33.7 Å². The van der Waals surface area contributed by atoms with Gasteiger partial charge in [-0.15, -0.1) is 10.2 Å². The monoisotopic (exact) mass is 473 g/mol. The molecule has 1 unspecified atom stereocenters. The van der Waals surface area contributed by atoms with Crippen molar-refractivity contribution >= 4 is 23.4 Å². The number of anilines is 1. The van der Waals surface area contributed by atoms with Crippen molar-refractivity contribution in [3.8, 4) is 5.75 Å². The van der Waals surface area contributed by atoms with Crippen LogP contribution in [0.1, 0.15) is 33.3 Å². The fourth-order valence-electron chi connectivity index (χ4n) is 3.69. The van der Waals surface area contributed by atoms with Crippen molar-refractivity contribution in [2.24, 2.45) is 0 Å². The van der Waals surface area contributed by atoms with Crippen LogP contribution in [0.5, 0.6) is 5.75 Å². The standard InChI is InChI=1S/C26H27N5O2S/c1-17-13-18(2)15-21(14-17)28-25(32)24(20-7-5-4-6-8-20)34-26-30-29-23(31(26)27)16-19-9-11-22(33-3)12-10-19/h4-15,24H,16,27H2,1-3H3,(H,28,32). The summed E-state index contributed by atoms with van der Waals surface area (Å²) >= 11 is 1.27. The molecule has 0 saturated carbocycles. The van der Waals surface area contributed by atoms with E-state index in [1.807, 2.05) is 80.6 Å². The summed E-state index contributed by atoms with van der Waals surface area (Å²) in [5, 5.41) is 11.5. The molecule has 174 valence electrons. The highest BCUT2D eigenvalue weighted by atomic mass is 32.2. The van der Waals surface area contributed by atoms with Crippen molar-refractivity contribution in [3.63, 3.8) is 0 Å². The third kappa shape index (κ3) is 5.58. The number of aromatic nitrogens is 3. The predicted octanol–water partition coefficient (Wildman–Crippen LogP) is 4.68. The number of carbonyl (C=O) groups excluding carboxylic acids is 1. The van der Waals surface area contributed by atoms with Crippen LogP contribution >= 0.6 is 11.8 Å². The number of nitrogens with zero attached hydrogens (tertiary/aromatic N) is 3. The molecule has 1 heterocycles. The van der Waals surface area contributed by atoms with Crippen molar-refractivity contribution in [3.05, 3.63) is 101 Å². The highest BCUT2D eigenvalue weighted by Crippen LogP contribution is 2.35. The summed E-state index contributed by atoms with van der Waals surface area (Å²) in [5.41, 5.74) is 4.82. The van der Waals surface area contributed by atoms with Gasteiger partial charge >= 0.3 is 0 Å². The Morgan fingerprint density at radius 3 is 2.35 bits per heavy atom. The maximum Gasteiger partial charge on any atom is 0.242 e. The van der Waals surface area contributed by atoms with Gasteiger partial charge in [-0.3, -0.25) is 4.79 Å². The molecule has 7 nitrogen and oxygen atoms in total. The molecule has 3 N–H and O–H groups in total. The largest absolute Gasteiger partial charge is 0.497 e. The molecule has 1 amide bonds. The van der Waals surface area contributed by atoms with Gasteiger partial charge in [-0.1, -0.05) is 60.3 Å². The Hall–Kier alpha value is -3.78. The zero-order valence-electron chi connectivity index (χ0n) is 19.4. The molecular formula is C26H27N5O2S. The second-order valence-corrected chi connectivity index (χ2v) is 9.14. The van der Waals surface area contributed by atoms with Gasteiger partial charge in [-0.05, 0) is 60.4 Å². The second kappa shape index (κ2) is 10.4. The summed E-state index contributed by atoms with van der Waals surface area (Å²) in [5.74, 6) is 7.58. The summed E-state index contributed by atoms with van der Waals surface area (Å²) in [7, 11) is 1.63. The average Bonchev–Trinajstić information content (AvgIpc) is 3.16. The third-order valence-electron chi connectivity index (χ3n) is 5.31. The number of rotatable bonds is 8. The van der Waals surface area contributed by atoms with Crippen molar-refractivity contribution in [2.75, 3.05) is 18.3 Å². The molecule has 8 heteroatoms. The molecule has 34 heavy (non-hydrogen) atoms. The van der Waals surface area contributed by atoms with Gasteiger partial charge < -0.3 is 15.9 Å². The van der Waals surface area contributed by atoms with Gasteiger partial charge in [0.05, 0.1) is 7.11 Å². The van der Waals surface area contributed by atoms with E-state index in [1.54, 1.807) is 7.11 Å². The molecule has 0 fully saturated rings. The number of hydrogen-bond donors (Lipinski definition) is 2. The van der Waals surface area contributed by atoms with Crippen molar-refractivity contribution in [1.82, 2.24) is 14.9 Å². The topological polar surface area (TPSA) is 95.1 Å². The summed E-state index contributed by atoms with van der Waals surface area (Å²) in [6.07, 6.45) is 0.513. The first-order valence-electron chi connectivity index (χ1n) is 10.9. The Labute approximate surface area is 203 Å². The Morgan fingerprint density at radius 2 is 1.71 bits per heavy atom. The number of thioether (sulfide) groups is 1. The van der Waals surface area contributed by atoms with E-state index in [9.17, 15) is 4.79 Å². The van der Waals surface area contributed by atoms with Crippen LogP contribution in [-0.4, -0.2) is 27.9 Å². The predicted molar refractivity (Wildman–Crippen MR) is 136 cm³/mol. The molecule has 0 aliphatic heterocycles. The molecule has 4 rings (SSSR count). The van der Waals surface area contributed by atoms with E-state index in [1.165, 1.54) is 16.4 Å². The fourth-order valence-corrected chi connectivity index (χ4v) is 4.67. The van der Waals surface area contributed by atoms with E-state index in [4.69, 9.17) is 10.6 Å². The van der Waals surface area contributed by atoms with Crippen LogP contribution in [0, 0.1) is 13.8 Å². The van der Waals surface area contributed by atoms with Crippen LogP contribution in [-0.2, 0) is 11.2 Å².